The molecule has 6 heteroatoms. The average molecular weight is 399 g/mol. The molecule has 0 fully saturated rings. The summed E-state index contributed by atoms with van der Waals surface area (Å²) in [6.45, 7) is 1.81. The summed E-state index contributed by atoms with van der Waals surface area (Å²) in [6, 6.07) is 16.2. The summed E-state index contributed by atoms with van der Waals surface area (Å²) >= 11 is 0. The molecule has 5 rings (SSSR count). The van der Waals surface area contributed by atoms with E-state index in [1.165, 1.54) is 0 Å². The Morgan fingerprint density at radius 2 is 1.93 bits per heavy atom. The van der Waals surface area contributed by atoms with Crippen molar-refractivity contribution < 1.29 is 9.21 Å². The van der Waals surface area contributed by atoms with Crippen LogP contribution in [0.3, 0.4) is 0 Å². The maximum Gasteiger partial charge on any atom is 0.265 e. The highest BCUT2D eigenvalue weighted by molar-refractivity contribution is 5.94. The highest BCUT2D eigenvalue weighted by atomic mass is 16.3. The van der Waals surface area contributed by atoms with E-state index in [4.69, 9.17) is 4.42 Å². The van der Waals surface area contributed by atoms with Crippen molar-refractivity contribution in [3.8, 4) is 5.69 Å². The number of furan rings is 1. The summed E-state index contributed by atoms with van der Waals surface area (Å²) in [6.07, 6.45) is 4.48. The van der Waals surface area contributed by atoms with Crippen LogP contribution in [0.15, 0.2) is 70.1 Å². The van der Waals surface area contributed by atoms with Gasteiger partial charge in [-0.2, -0.15) is 0 Å². The number of nitrogens with one attached hydrogen (secondary N) is 1. The molecule has 2 aromatic carbocycles. The van der Waals surface area contributed by atoms with Crippen LogP contribution in [0.5, 0.6) is 0 Å². The fourth-order valence-electron chi connectivity index (χ4n) is 4.19. The first kappa shape index (κ1) is 18.4. The number of carbonyl (C=O) groups is 1. The predicted octanol–water partition coefficient (Wildman–Crippen LogP) is 4.09. The molecule has 0 unspecified atom stereocenters. The van der Waals surface area contributed by atoms with E-state index in [1.807, 2.05) is 24.3 Å². The first-order valence-corrected chi connectivity index (χ1v) is 10.1. The predicted molar refractivity (Wildman–Crippen MR) is 114 cm³/mol. The zero-order chi connectivity index (χ0) is 20.7. The van der Waals surface area contributed by atoms with Gasteiger partial charge in [0.2, 0.25) is 0 Å². The SMILES string of the molecule is Cc1nc2ccccc2c(=O)n1-c1ccc(C(=O)N[C@H]2CCCc3occc32)cc1. The summed E-state index contributed by atoms with van der Waals surface area (Å²) in [5.74, 6) is 1.42. The second kappa shape index (κ2) is 7.30. The molecule has 150 valence electrons. The van der Waals surface area contributed by atoms with Crippen LogP contribution in [-0.2, 0) is 6.42 Å². The lowest BCUT2D eigenvalue weighted by atomic mass is 9.93. The van der Waals surface area contributed by atoms with Crippen LogP contribution in [-0.4, -0.2) is 15.5 Å². The van der Waals surface area contributed by atoms with Gasteiger partial charge in [-0.15, -0.1) is 0 Å². The van der Waals surface area contributed by atoms with Gasteiger partial charge >= 0.3 is 0 Å². The summed E-state index contributed by atoms with van der Waals surface area (Å²) < 4.78 is 7.07. The Kier molecular flexibility index (Phi) is 4.47. The molecule has 1 atom stereocenters. The molecule has 2 aromatic heterocycles. The number of rotatable bonds is 3. The Balaban J connectivity index is 1.42. The molecule has 4 aromatic rings. The molecular weight excluding hydrogens is 378 g/mol. The monoisotopic (exact) mass is 399 g/mol. The Morgan fingerprint density at radius 1 is 1.13 bits per heavy atom. The number of fused-ring (bicyclic) bond motifs is 2. The lowest BCUT2D eigenvalue weighted by molar-refractivity contribution is 0.0932. The second-order valence-electron chi connectivity index (χ2n) is 7.58. The van der Waals surface area contributed by atoms with Crippen LogP contribution in [0.1, 0.15) is 46.4 Å². The molecule has 0 radical (unpaired) electrons. The lowest BCUT2D eigenvalue weighted by Crippen LogP contribution is -2.30. The van der Waals surface area contributed by atoms with E-state index in [1.54, 1.807) is 48.1 Å². The Labute approximate surface area is 173 Å². The number of amides is 1. The van der Waals surface area contributed by atoms with Crippen LogP contribution in [0.4, 0.5) is 0 Å². The zero-order valence-corrected chi connectivity index (χ0v) is 16.6. The van der Waals surface area contributed by atoms with Gasteiger partial charge in [0.25, 0.3) is 11.5 Å². The number of aryl methyl sites for hydroxylation is 2. The van der Waals surface area contributed by atoms with Crippen LogP contribution < -0.4 is 10.9 Å². The number of para-hydroxylation sites is 1. The maximum absolute atomic E-state index is 13.0. The van der Waals surface area contributed by atoms with Gasteiger partial charge in [0, 0.05) is 17.5 Å². The summed E-state index contributed by atoms with van der Waals surface area (Å²) in [7, 11) is 0. The molecule has 0 saturated carbocycles. The third-order valence-corrected chi connectivity index (χ3v) is 5.69. The third-order valence-electron chi connectivity index (χ3n) is 5.69. The number of carbonyl (C=O) groups excluding carboxylic acids is 1. The standard InChI is InChI=1S/C24H21N3O3/c1-15-25-21-6-3-2-5-19(21)24(29)27(15)17-11-9-16(10-12-17)23(28)26-20-7-4-8-22-18(20)13-14-30-22/h2-3,5-6,9-14,20H,4,7-8H2,1H3,(H,26,28)/t20-/m0/s1. The van der Waals surface area contributed by atoms with Crippen molar-refractivity contribution in [2.24, 2.45) is 0 Å². The van der Waals surface area contributed by atoms with E-state index >= 15 is 0 Å². The number of aromatic nitrogens is 2. The Bertz CT molecular complexity index is 1300. The first-order chi connectivity index (χ1) is 14.6. The van der Waals surface area contributed by atoms with Crippen molar-refractivity contribution in [3.63, 3.8) is 0 Å². The zero-order valence-electron chi connectivity index (χ0n) is 16.6. The summed E-state index contributed by atoms with van der Waals surface area (Å²) in [4.78, 5) is 30.3. The molecular formula is C24H21N3O3. The molecule has 1 amide bonds. The Hall–Kier alpha value is -3.67. The minimum absolute atomic E-state index is 0.0331. The normalized spacial score (nSPS) is 15.7. The van der Waals surface area contributed by atoms with Crippen molar-refractivity contribution >= 4 is 16.8 Å². The van der Waals surface area contributed by atoms with E-state index in [0.29, 0.717) is 28.0 Å². The fourth-order valence-corrected chi connectivity index (χ4v) is 4.19. The summed E-state index contributed by atoms with van der Waals surface area (Å²) in [5.41, 5.74) is 2.86. The number of hydrogen-bond acceptors (Lipinski definition) is 4. The molecule has 2 heterocycles. The molecule has 0 spiro atoms. The van der Waals surface area contributed by atoms with Gasteiger partial charge in [0.15, 0.2) is 0 Å². The molecule has 0 aliphatic heterocycles. The molecule has 1 aliphatic carbocycles. The van der Waals surface area contributed by atoms with E-state index in [-0.39, 0.29) is 17.5 Å². The number of nitrogens with zero attached hydrogens (tertiary/aromatic N) is 2. The molecule has 1 N–H and O–H groups in total. The van der Waals surface area contributed by atoms with Crippen LogP contribution >= 0.6 is 0 Å². The van der Waals surface area contributed by atoms with Crippen molar-refractivity contribution in [2.75, 3.05) is 0 Å². The lowest BCUT2D eigenvalue weighted by Gasteiger charge is -2.22. The van der Waals surface area contributed by atoms with Gasteiger partial charge in [-0.3, -0.25) is 14.2 Å². The largest absolute Gasteiger partial charge is 0.469 e. The molecule has 0 saturated heterocycles. The first-order valence-electron chi connectivity index (χ1n) is 10.1. The summed E-state index contributed by atoms with van der Waals surface area (Å²) in [5, 5.41) is 3.67. The van der Waals surface area contributed by atoms with Crippen LogP contribution in [0.2, 0.25) is 0 Å². The van der Waals surface area contributed by atoms with Crippen molar-refractivity contribution in [2.45, 2.75) is 32.2 Å². The maximum atomic E-state index is 13.0. The molecule has 1 aliphatic rings. The van der Waals surface area contributed by atoms with Crippen molar-refractivity contribution in [1.82, 2.24) is 14.9 Å². The topological polar surface area (TPSA) is 77.1 Å². The quantitative estimate of drug-likeness (QED) is 0.563. The van der Waals surface area contributed by atoms with Gasteiger partial charge in [0.05, 0.1) is 28.9 Å². The van der Waals surface area contributed by atoms with Gasteiger partial charge < -0.3 is 9.73 Å². The third kappa shape index (κ3) is 3.10. The van der Waals surface area contributed by atoms with E-state index in [0.717, 1.165) is 30.6 Å². The minimum atomic E-state index is -0.138. The number of benzene rings is 2. The highest BCUT2D eigenvalue weighted by Gasteiger charge is 2.24. The van der Waals surface area contributed by atoms with Gasteiger partial charge in [-0.1, -0.05) is 12.1 Å². The smallest absolute Gasteiger partial charge is 0.265 e. The second-order valence-corrected chi connectivity index (χ2v) is 7.58. The van der Waals surface area contributed by atoms with E-state index in [9.17, 15) is 9.59 Å². The molecule has 6 nitrogen and oxygen atoms in total. The van der Waals surface area contributed by atoms with E-state index in [2.05, 4.69) is 10.3 Å². The highest BCUT2D eigenvalue weighted by Crippen LogP contribution is 2.30. The van der Waals surface area contributed by atoms with Crippen molar-refractivity contribution in [1.29, 1.82) is 0 Å². The van der Waals surface area contributed by atoms with Gasteiger partial charge in [-0.05, 0) is 62.2 Å². The fraction of sp³-hybridized carbons (Fsp3) is 0.208. The van der Waals surface area contributed by atoms with Gasteiger partial charge in [0.1, 0.15) is 11.6 Å². The molecule has 0 bridgehead atoms. The minimum Gasteiger partial charge on any atom is -0.469 e. The average Bonchev–Trinajstić information content (AvgIpc) is 3.24. The van der Waals surface area contributed by atoms with Gasteiger partial charge in [-0.25, -0.2) is 4.98 Å². The van der Waals surface area contributed by atoms with Crippen molar-refractivity contribution in [3.05, 3.63) is 93.9 Å². The van der Waals surface area contributed by atoms with Crippen LogP contribution in [0, 0.1) is 6.92 Å². The Morgan fingerprint density at radius 3 is 2.77 bits per heavy atom. The van der Waals surface area contributed by atoms with Crippen LogP contribution in [0.25, 0.3) is 16.6 Å². The number of hydrogen-bond donors (Lipinski definition) is 1. The molecule has 30 heavy (non-hydrogen) atoms. The van der Waals surface area contributed by atoms with E-state index < -0.39 is 0 Å².